The third-order valence-corrected chi connectivity index (χ3v) is 2.95. The summed E-state index contributed by atoms with van der Waals surface area (Å²) in [7, 11) is 4.00. The Morgan fingerprint density at radius 3 is 2.73 bits per heavy atom. The molecule has 88 valence electrons. The molecule has 1 rings (SSSR count). The highest BCUT2D eigenvalue weighted by Crippen LogP contribution is 2.10. The van der Waals surface area contributed by atoms with E-state index in [1.165, 1.54) is 0 Å². The molecule has 1 aliphatic rings. The van der Waals surface area contributed by atoms with E-state index in [9.17, 15) is 4.79 Å². The van der Waals surface area contributed by atoms with Crippen molar-refractivity contribution in [2.75, 3.05) is 33.7 Å². The maximum Gasteiger partial charge on any atom is 0.241 e. The first-order valence-electron chi connectivity index (χ1n) is 5.74. The van der Waals surface area contributed by atoms with Gasteiger partial charge in [-0.25, -0.2) is 0 Å². The first-order chi connectivity index (χ1) is 7.06. The molecule has 0 aromatic carbocycles. The number of amides is 1. The molecular formula is C11H23N3O. The van der Waals surface area contributed by atoms with E-state index in [4.69, 9.17) is 0 Å². The first kappa shape index (κ1) is 12.5. The highest BCUT2D eigenvalue weighted by molar-refractivity contribution is 5.82. The summed E-state index contributed by atoms with van der Waals surface area (Å²) in [4.78, 5) is 16.2. The lowest BCUT2D eigenvalue weighted by Gasteiger charge is -2.28. The minimum absolute atomic E-state index is 0.0371. The Labute approximate surface area is 92.6 Å². The fourth-order valence-electron chi connectivity index (χ4n) is 2.10. The van der Waals surface area contributed by atoms with Crippen LogP contribution in [-0.4, -0.2) is 61.5 Å². The van der Waals surface area contributed by atoms with Crippen molar-refractivity contribution in [3.05, 3.63) is 0 Å². The van der Waals surface area contributed by atoms with Gasteiger partial charge in [0.1, 0.15) is 0 Å². The Balaban J connectivity index is 2.69. The van der Waals surface area contributed by atoms with Gasteiger partial charge in [-0.2, -0.15) is 0 Å². The molecule has 0 aromatic rings. The minimum atomic E-state index is -0.0371. The van der Waals surface area contributed by atoms with Gasteiger partial charge in [-0.05, 0) is 40.9 Å². The standard InChI is InChI=1S/C11H23N3O/c1-5-14-9(2)6-7-12-10(11(14)15)8-13(3)4/h9-10,12H,5-8H2,1-4H3. The van der Waals surface area contributed by atoms with Gasteiger partial charge in [0.2, 0.25) is 5.91 Å². The smallest absolute Gasteiger partial charge is 0.241 e. The Bertz CT molecular complexity index is 218. The second-order valence-corrected chi connectivity index (χ2v) is 4.53. The van der Waals surface area contributed by atoms with Crippen molar-refractivity contribution in [2.45, 2.75) is 32.4 Å². The van der Waals surface area contributed by atoms with Crippen LogP contribution in [0, 0.1) is 0 Å². The maximum atomic E-state index is 12.2. The average Bonchev–Trinajstić information content (AvgIpc) is 2.27. The van der Waals surface area contributed by atoms with Gasteiger partial charge in [-0.3, -0.25) is 4.79 Å². The number of hydrogen-bond donors (Lipinski definition) is 1. The molecule has 0 bridgehead atoms. The van der Waals surface area contributed by atoms with Crippen LogP contribution in [0.15, 0.2) is 0 Å². The fourth-order valence-corrected chi connectivity index (χ4v) is 2.10. The maximum absolute atomic E-state index is 12.2. The molecule has 0 aromatic heterocycles. The molecule has 0 saturated carbocycles. The van der Waals surface area contributed by atoms with Crippen LogP contribution in [0.5, 0.6) is 0 Å². The molecule has 1 saturated heterocycles. The average molecular weight is 213 g/mol. The molecule has 0 radical (unpaired) electrons. The molecule has 15 heavy (non-hydrogen) atoms. The van der Waals surface area contributed by atoms with Gasteiger partial charge < -0.3 is 15.1 Å². The van der Waals surface area contributed by atoms with Gasteiger partial charge in [0.15, 0.2) is 0 Å². The van der Waals surface area contributed by atoms with Crippen molar-refractivity contribution in [3.63, 3.8) is 0 Å². The lowest BCUT2D eigenvalue weighted by atomic mass is 10.2. The summed E-state index contributed by atoms with van der Waals surface area (Å²) < 4.78 is 0. The van der Waals surface area contributed by atoms with Crippen LogP contribution in [-0.2, 0) is 4.79 Å². The van der Waals surface area contributed by atoms with Gasteiger partial charge in [0, 0.05) is 19.1 Å². The van der Waals surface area contributed by atoms with E-state index in [-0.39, 0.29) is 11.9 Å². The Hall–Kier alpha value is -0.610. The van der Waals surface area contributed by atoms with Crippen molar-refractivity contribution in [1.82, 2.24) is 15.1 Å². The summed E-state index contributed by atoms with van der Waals surface area (Å²) >= 11 is 0. The third kappa shape index (κ3) is 3.18. The third-order valence-electron chi connectivity index (χ3n) is 2.95. The van der Waals surface area contributed by atoms with Crippen molar-refractivity contribution < 1.29 is 4.79 Å². The largest absolute Gasteiger partial charge is 0.339 e. The van der Waals surface area contributed by atoms with Crippen LogP contribution in [0.1, 0.15) is 20.3 Å². The molecule has 1 fully saturated rings. The van der Waals surface area contributed by atoms with E-state index in [2.05, 4.69) is 17.1 Å². The number of rotatable bonds is 3. The lowest BCUT2D eigenvalue weighted by molar-refractivity contribution is -0.134. The topological polar surface area (TPSA) is 35.6 Å². The lowest BCUT2D eigenvalue weighted by Crippen LogP contribution is -2.50. The normalized spacial score (nSPS) is 28.3. The minimum Gasteiger partial charge on any atom is -0.339 e. The second-order valence-electron chi connectivity index (χ2n) is 4.53. The summed E-state index contributed by atoms with van der Waals surface area (Å²) in [5.41, 5.74) is 0. The molecule has 4 heteroatoms. The Kier molecular flexibility index (Phi) is 4.54. The zero-order valence-corrected chi connectivity index (χ0v) is 10.3. The number of carbonyl (C=O) groups is 1. The quantitative estimate of drug-likeness (QED) is 0.725. The van der Waals surface area contributed by atoms with E-state index >= 15 is 0 Å². The predicted octanol–water partition coefficient (Wildman–Crippen LogP) is 0.147. The van der Waals surface area contributed by atoms with Crippen LogP contribution >= 0.6 is 0 Å². The molecule has 1 N–H and O–H groups in total. The number of likely N-dealkylation sites (N-methyl/N-ethyl adjacent to an activating group) is 2. The Morgan fingerprint density at radius 2 is 2.20 bits per heavy atom. The van der Waals surface area contributed by atoms with Crippen molar-refractivity contribution >= 4 is 5.91 Å². The van der Waals surface area contributed by atoms with Crippen molar-refractivity contribution in [3.8, 4) is 0 Å². The molecule has 0 aliphatic carbocycles. The fraction of sp³-hybridized carbons (Fsp3) is 0.909. The molecule has 1 heterocycles. The molecule has 4 nitrogen and oxygen atoms in total. The predicted molar refractivity (Wildman–Crippen MR) is 61.8 cm³/mol. The summed E-state index contributed by atoms with van der Waals surface area (Å²) in [5.74, 6) is 0.246. The second kappa shape index (κ2) is 5.47. The number of nitrogens with zero attached hydrogens (tertiary/aromatic N) is 2. The Morgan fingerprint density at radius 1 is 1.53 bits per heavy atom. The number of carbonyl (C=O) groups excluding carboxylic acids is 1. The summed E-state index contributed by atoms with van der Waals surface area (Å²) in [6, 6.07) is 0.326. The van der Waals surface area contributed by atoms with Crippen LogP contribution in [0.25, 0.3) is 0 Å². The van der Waals surface area contributed by atoms with Crippen LogP contribution < -0.4 is 5.32 Å². The van der Waals surface area contributed by atoms with Crippen LogP contribution in [0.4, 0.5) is 0 Å². The van der Waals surface area contributed by atoms with Gasteiger partial charge in [-0.15, -0.1) is 0 Å². The van der Waals surface area contributed by atoms with Crippen molar-refractivity contribution in [1.29, 1.82) is 0 Å². The van der Waals surface area contributed by atoms with Crippen molar-refractivity contribution in [2.24, 2.45) is 0 Å². The van der Waals surface area contributed by atoms with Gasteiger partial charge in [0.05, 0.1) is 6.04 Å². The number of nitrogens with one attached hydrogen (secondary N) is 1. The molecule has 2 atom stereocenters. The SMILES string of the molecule is CCN1C(=O)C(CN(C)C)NCCC1C. The number of hydrogen-bond acceptors (Lipinski definition) is 3. The van der Waals surface area contributed by atoms with E-state index in [0.29, 0.717) is 6.04 Å². The van der Waals surface area contributed by atoms with E-state index in [1.54, 1.807) is 0 Å². The summed E-state index contributed by atoms with van der Waals surface area (Å²) in [5, 5.41) is 3.32. The molecule has 1 aliphatic heterocycles. The highest BCUT2D eigenvalue weighted by Gasteiger charge is 2.29. The van der Waals surface area contributed by atoms with E-state index in [1.807, 2.05) is 25.9 Å². The monoisotopic (exact) mass is 213 g/mol. The highest BCUT2D eigenvalue weighted by atomic mass is 16.2. The molecule has 2 unspecified atom stereocenters. The van der Waals surface area contributed by atoms with Gasteiger partial charge in [0.25, 0.3) is 0 Å². The van der Waals surface area contributed by atoms with Gasteiger partial charge >= 0.3 is 0 Å². The molecule has 0 spiro atoms. The van der Waals surface area contributed by atoms with E-state index in [0.717, 1.165) is 26.1 Å². The van der Waals surface area contributed by atoms with Crippen LogP contribution in [0.3, 0.4) is 0 Å². The zero-order valence-electron chi connectivity index (χ0n) is 10.3. The van der Waals surface area contributed by atoms with Gasteiger partial charge in [-0.1, -0.05) is 0 Å². The molecule has 1 amide bonds. The first-order valence-corrected chi connectivity index (χ1v) is 5.74. The zero-order chi connectivity index (χ0) is 11.4. The summed E-state index contributed by atoms with van der Waals surface area (Å²) in [6.07, 6.45) is 1.05. The van der Waals surface area contributed by atoms with E-state index < -0.39 is 0 Å². The molecular weight excluding hydrogens is 190 g/mol. The summed E-state index contributed by atoms with van der Waals surface area (Å²) in [6.45, 7) is 6.70. The van der Waals surface area contributed by atoms with Crippen LogP contribution in [0.2, 0.25) is 0 Å².